The molecule has 0 spiro atoms. The average Bonchev–Trinajstić information content (AvgIpc) is 2.91. The van der Waals surface area contributed by atoms with Crippen LogP contribution in [0.25, 0.3) is 0 Å². The van der Waals surface area contributed by atoms with Gasteiger partial charge in [-0.15, -0.1) is 0 Å². The Kier molecular flexibility index (Phi) is 7.38. The monoisotopic (exact) mass is 485 g/mol. The molecule has 34 heavy (non-hydrogen) atoms. The molecule has 0 aromatic heterocycles. The molecule has 0 saturated heterocycles. The normalized spacial score (nSPS) is 13.3. The van der Waals surface area contributed by atoms with E-state index in [1.165, 1.54) is 0 Å². The van der Waals surface area contributed by atoms with E-state index in [2.05, 4.69) is 91.0 Å². The number of benzene rings is 4. The summed E-state index contributed by atoms with van der Waals surface area (Å²) in [5.41, 5.74) is 1.15. The maximum absolute atomic E-state index is 8.97. The summed E-state index contributed by atoms with van der Waals surface area (Å²) in [6.45, 7) is 2.44. The summed E-state index contributed by atoms with van der Waals surface area (Å²) in [5, 5.41) is 12.4. The van der Waals surface area contributed by atoms with Gasteiger partial charge in [0.15, 0.2) is 0 Å². The predicted octanol–water partition coefficient (Wildman–Crippen LogP) is 6.80. The zero-order chi connectivity index (χ0) is 23.9. The van der Waals surface area contributed by atoms with Crippen LogP contribution in [0.3, 0.4) is 0 Å². The van der Waals surface area contributed by atoms with Crippen LogP contribution in [0.15, 0.2) is 115 Å². The first-order chi connectivity index (χ1) is 16.5. The van der Waals surface area contributed by atoms with Gasteiger partial charge >= 0.3 is 208 Å². The molecular weight excluding hydrogens is 457 g/mol. The number of hydrogen-bond donors (Lipinski definition) is 0. The quantitative estimate of drug-likeness (QED) is 0.244. The molecule has 0 heterocycles. The molecule has 4 aromatic rings. The number of nitriles is 1. The van der Waals surface area contributed by atoms with Gasteiger partial charge in [-0.05, 0) is 0 Å². The summed E-state index contributed by atoms with van der Waals surface area (Å²) in [6, 6.07) is 42.0. The molecule has 0 aliphatic carbocycles. The molecule has 0 aliphatic heterocycles. The molecule has 172 valence electrons. The fraction of sp³-hybridized carbons (Fsp3) is 0.167. The second kappa shape index (κ2) is 10.4. The van der Waals surface area contributed by atoms with Crippen LogP contribution in [0.2, 0.25) is 0 Å². The van der Waals surface area contributed by atoms with E-state index in [9.17, 15) is 0 Å². The van der Waals surface area contributed by atoms with E-state index < -0.39 is 5.96 Å². The maximum atomic E-state index is 8.97. The minimum atomic E-state index is -3.35. The standard InChI is InChI=1S/C30H29ClNOP/c1-25(23-32)21-22-33-27-19-17-26(18-20-27)24-34(31,28-11-5-2-6-12-28,29-13-7-3-8-14-29)30-15-9-4-10-16-30/h2-20,25H,21-22,24H2,1H3. The Bertz CT molecular complexity index is 1140. The van der Waals surface area contributed by atoms with E-state index in [0.717, 1.165) is 27.2 Å². The average molecular weight is 486 g/mol. The van der Waals surface area contributed by atoms with Crippen LogP contribution in [0.4, 0.5) is 0 Å². The van der Waals surface area contributed by atoms with E-state index in [0.29, 0.717) is 19.2 Å². The van der Waals surface area contributed by atoms with Crippen molar-refractivity contribution >= 4 is 33.1 Å². The van der Waals surface area contributed by atoms with Crippen molar-refractivity contribution in [2.45, 2.75) is 19.5 Å². The molecule has 1 unspecified atom stereocenters. The molecule has 1 atom stereocenters. The van der Waals surface area contributed by atoms with Gasteiger partial charge in [-0.1, -0.05) is 0 Å². The van der Waals surface area contributed by atoms with Gasteiger partial charge in [0.2, 0.25) is 0 Å². The third kappa shape index (κ3) is 4.74. The topological polar surface area (TPSA) is 33.0 Å². The Labute approximate surface area is 207 Å². The third-order valence-electron chi connectivity index (χ3n) is 6.33. The van der Waals surface area contributed by atoms with Crippen molar-refractivity contribution in [3.05, 3.63) is 121 Å². The van der Waals surface area contributed by atoms with Crippen LogP contribution < -0.4 is 20.7 Å². The number of halogens is 1. The molecule has 0 aliphatic rings. The predicted molar refractivity (Wildman–Crippen MR) is 146 cm³/mol. The molecule has 4 heteroatoms. The van der Waals surface area contributed by atoms with E-state index >= 15 is 0 Å². The first kappa shape index (κ1) is 24.0. The van der Waals surface area contributed by atoms with Gasteiger partial charge < -0.3 is 0 Å². The van der Waals surface area contributed by atoms with E-state index in [1.807, 2.05) is 37.3 Å². The summed E-state index contributed by atoms with van der Waals surface area (Å²) in [5.74, 6) is -2.55. The molecule has 4 rings (SSSR count). The van der Waals surface area contributed by atoms with Crippen molar-refractivity contribution < 1.29 is 4.74 Å². The minimum absolute atomic E-state index is 0.00995. The van der Waals surface area contributed by atoms with Crippen molar-refractivity contribution in [2.75, 3.05) is 6.61 Å². The van der Waals surface area contributed by atoms with Gasteiger partial charge in [-0.25, -0.2) is 0 Å². The molecular formula is C30H29ClNOP. The van der Waals surface area contributed by atoms with Crippen LogP contribution in [0.5, 0.6) is 5.75 Å². The van der Waals surface area contributed by atoms with Crippen molar-refractivity contribution in [3.63, 3.8) is 0 Å². The van der Waals surface area contributed by atoms with Crippen molar-refractivity contribution in [2.24, 2.45) is 5.92 Å². The Hall–Kier alpha value is -3.11. The van der Waals surface area contributed by atoms with Crippen molar-refractivity contribution in [1.82, 2.24) is 0 Å². The second-order valence-electron chi connectivity index (χ2n) is 8.66. The molecule has 0 fully saturated rings. The van der Waals surface area contributed by atoms with Crippen LogP contribution in [0, 0.1) is 17.2 Å². The zero-order valence-electron chi connectivity index (χ0n) is 19.3. The van der Waals surface area contributed by atoms with Gasteiger partial charge in [0.1, 0.15) is 0 Å². The van der Waals surface area contributed by atoms with E-state index in [-0.39, 0.29) is 5.92 Å². The van der Waals surface area contributed by atoms with E-state index in [1.54, 1.807) is 0 Å². The molecule has 2 nitrogen and oxygen atoms in total. The summed E-state index contributed by atoms with van der Waals surface area (Å²) < 4.78 is 5.87. The van der Waals surface area contributed by atoms with E-state index in [4.69, 9.17) is 21.2 Å². The van der Waals surface area contributed by atoms with Crippen LogP contribution in [-0.2, 0) is 6.16 Å². The SMILES string of the molecule is CC(C#N)CCOc1ccc(CP(Cl)(c2ccccc2)(c2ccccc2)c2ccccc2)cc1. The summed E-state index contributed by atoms with van der Waals surface area (Å²) >= 11 is 8.15. The van der Waals surface area contributed by atoms with Gasteiger partial charge in [0, 0.05) is 0 Å². The fourth-order valence-corrected chi connectivity index (χ4v) is 10.5. The van der Waals surface area contributed by atoms with Gasteiger partial charge in [-0.3, -0.25) is 0 Å². The summed E-state index contributed by atoms with van der Waals surface area (Å²) in [7, 11) is 0. The number of nitrogens with zero attached hydrogens (tertiary/aromatic N) is 1. The van der Waals surface area contributed by atoms with Crippen molar-refractivity contribution in [3.8, 4) is 11.8 Å². The third-order valence-corrected chi connectivity index (χ3v) is 13.5. The number of rotatable bonds is 9. The Balaban J connectivity index is 1.78. The summed E-state index contributed by atoms with van der Waals surface area (Å²) in [4.78, 5) is 0. The van der Waals surface area contributed by atoms with Gasteiger partial charge in [0.05, 0.1) is 0 Å². The fourth-order valence-electron chi connectivity index (χ4n) is 4.39. The molecule has 0 N–H and O–H groups in total. The number of hydrogen-bond acceptors (Lipinski definition) is 2. The van der Waals surface area contributed by atoms with Gasteiger partial charge in [-0.2, -0.15) is 0 Å². The van der Waals surface area contributed by atoms with Crippen LogP contribution in [-0.4, -0.2) is 6.61 Å². The van der Waals surface area contributed by atoms with Crippen LogP contribution in [0.1, 0.15) is 18.9 Å². The molecule has 0 radical (unpaired) electrons. The molecule has 0 bridgehead atoms. The first-order valence-electron chi connectivity index (χ1n) is 11.6. The first-order valence-corrected chi connectivity index (χ1v) is 14.9. The molecule has 0 saturated carbocycles. The number of ether oxygens (including phenoxy) is 1. The summed E-state index contributed by atoms with van der Waals surface area (Å²) in [6.07, 6.45) is 1.41. The zero-order valence-corrected chi connectivity index (χ0v) is 21.0. The molecule has 4 aromatic carbocycles. The van der Waals surface area contributed by atoms with Crippen molar-refractivity contribution in [1.29, 1.82) is 5.26 Å². The molecule has 0 amide bonds. The Morgan fingerprint density at radius 3 is 1.59 bits per heavy atom. The van der Waals surface area contributed by atoms with Crippen LogP contribution >= 0.6 is 17.2 Å². The Morgan fingerprint density at radius 2 is 1.18 bits per heavy atom. The van der Waals surface area contributed by atoms with Gasteiger partial charge in [0.25, 0.3) is 0 Å². The Morgan fingerprint density at radius 1 is 0.735 bits per heavy atom. The second-order valence-corrected chi connectivity index (χ2v) is 15.1.